The summed E-state index contributed by atoms with van der Waals surface area (Å²) in [5, 5.41) is 2.91. The Morgan fingerprint density at radius 1 is 1.12 bits per heavy atom. The second kappa shape index (κ2) is 10.3. The molecule has 2 aromatic carbocycles. The number of ether oxygens (including phenoxy) is 1. The average Bonchev–Trinajstić information content (AvgIpc) is 3.34. The number of rotatable bonds is 7. The highest BCUT2D eigenvalue weighted by atomic mass is 16.5. The Hall–Kier alpha value is -3.74. The summed E-state index contributed by atoms with van der Waals surface area (Å²) in [6.07, 6.45) is 2.81. The Morgan fingerprint density at radius 2 is 1.91 bits per heavy atom. The van der Waals surface area contributed by atoms with E-state index in [1.165, 1.54) is 0 Å². The van der Waals surface area contributed by atoms with Gasteiger partial charge in [0.1, 0.15) is 11.6 Å². The van der Waals surface area contributed by atoms with Crippen LogP contribution >= 0.6 is 0 Å². The van der Waals surface area contributed by atoms with Crippen molar-refractivity contribution in [3.05, 3.63) is 89.0 Å². The summed E-state index contributed by atoms with van der Waals surface area (Å²) in [5.74, 6) is 1.42. The molecule has 1 aliphatic rings. The first-order valence-corrected chi connectivity index (χ1v) is 11.1. The van der Waals surface area contributed by atoms with Crippen LogP contribution in [0.2, 0.25) is 0 Å². The van der Waals surface area contributed by atoms with Crippen LogP contribution in [-0.2, 0) is 17.8 Å². The van der Waals surface area contributed by atoms with E-state index in [2.05, 4.69) is 15.3 Å². The molecule has 7 heteroatoms. The summed E-state index contributed by atoms with van der Waals surface area (Å²) in [6.45, 7) is 3.51. The standard InChI is InChI=1S/C26H28N4O3/c1-18-23(26(32)28-15-20-9-6-10-22(13-20)33-2)16-27-25(29-18)21-11-12-30(17-21)24(31)14-19-7-4-3-5-8-19/h3-10,13,16,21H,11-12,14-15,17H2,1-2H3,(H,28,32)/t21-/m0/s1. The number of hydrogen-bond acceptors (Lipinski definition) is 5. The van der Waals surface area contributed by atoms with Gasteiger partial charge in [-0.25, -0.2) is 9.97 Å². The molecule has 1 aliphatic heterocycles. The normalized spacial score (nSPS) is 15.3. The third kappa shape index (κ3) is 5.55. The van der Waals surface area contributed by atoms with Crippen LogP contribution in [-0.4, -0.2) is 46.9 Å². The van der Waals surface area contributed by atoms with Gasteiger partial charge in [-0.15, -0.1) is 0 Å². The quantitative estimate of drug-likeness (QED) is 0.605. The van der Waals surface area contributed by atoms with Crippen molar-refractivity contribution in [3.8, 4) is 5.75 Å². The molecule has 1 saturated heterocycles. The smallest absolute Gasteiger partial charge is 0.254 e. The molecule has 1 fully saturated rings. The highest BCUT2D eigenvalue weighted by molar-refractivity contribution is 5.94. The van der Waals surface area contributed by atoms with Crippen LogP contribution in [0.5, 0.6) is 5.75 Å². The van der Waals surface area contributed by atoms with Gasteiger partial charge >= 0.3 is 0 Å². The van der Waals surface area contributed by atoms with Crippen LogP contribution in [0.15, 0.2) is 60.8 Å². The summed E-state index contributed by atoms with van der Waals surface area (Å²) in [6, 6.07) is 17.3. The zero-order chi connectivity index (χ0) is 23.2. The molecule has 33 heavy (non-hydrogen) atoms. The molecule has 0 radical (unpaired) electrons. The maximum absolute atomic E-state index is 12.7. The van der Waals surface area contributed by atoms with E-state index in [1.54, 1.807) is 13.3 Å². The Balaban J connectivity index is 1.35. The summed E-state index contributed by atoms with van der Waals surface area (Å²) < 4.78 is 5.22. The van der Waals surface area contributed by atoms with Crippen LogP contribution in [0.25, 0.3) is 0 Å². The maximum atomic E-state index is 12.7. The van der Waals surface area contributed by atoms with E-state index in [9.17, 15) is 9.59 Å². The van der Waals surface area contributed by atoms with E-state index < -0.39 is 0 Å². The van der Waals surface area contributed by atoms with E-state index in [0.717, 1.165) is 23.3 Å². The van der Waals surface area contributed by atoms with E-state index in [4.69, 9.17) is 4.74 Å². The number of benzene rings is 2. The fraction of sp³-hybridized carbons (Fsp3) is 0.308. The van der Waals surface area contributed by atoms with Gasteiger partial charge < -0.3 is 15.0 Å². The van der Waals surface area contributed by atoms with Crippen LogP contribution in [0.3, 0.4) is 0 Å². The van der Waals surface area contributed by atoms with Crippen molar-refractivity contribution < 1.29 is 14.3 Å². The monoisotopic (exact) mass is 444 g/mol. The second-order valence-corrected chi connectivity index (χ2v) is 8.25. The summed E-state index contributed by atoms with van der Waals surface area (Å²) in [5.41, 5.74) is 3.06. The van der Waals surface area contributed by atoms with Gasteiger partial charge in [-0.3, -0.25) is 9.59 Å². The molecule has 2 amide bonds. The summed E-state index contributed by atoms with van der Waals surface area (Å²) >= 11 is 0. The molecular formula is C26H28N4O3. The fourth-order valence-electron chi connectivity index (χ4n) is 4.04. The van der Waals surface area contributed by atoms with E-state index in [1.807, 2.05) is 66.4 Å². The van der Waals surface area contributed by atoms with Gasteiger partial charge in [0.25, 0.3) is 5.91 Å². The average molecular weight is 445 g/mol. The zero-order valence-corrected chi connectivity index (χ0v) is 19.0. The molecule has 0 unspecified atom stereocenters. The summed E-state index contributed by atoms with van der Waals surface area (Å²) in [7, 11) is 1.61. The minimum Gasteiger partial charge on any atom is -0.497 e. The molecule has 2 heterocycles. The fourth-order valence-corrected chi connectivity index (χ4v) is 4.04. The number of nitrogens with zero attached hydrogens (tertiary/aromatic N) is 3. The largest absolute Gasteiger partial charge is 0.497 e. The molecule has 4 rings (SSSR count). The molecule has 0 spiro atoms. The molecular weight excluding hydrogens is 416 g/mol. The third-order valence-corrected chi connectivity index (χ3v) is 5.93. The predicted molar refractivity (Wildman–Crippen MR) is 125 cm³/mol. The number of aromatic nitrogens is 2. The van der Waals surface area contributed by atoms with Gasteiger partial charge in [-0.2, -0.15) is 0 Å². The van der Waals surface area contributed by atoms with Gasteiger partial charge in [0.05, 0.1) is 24.8 Å². The Morgan fingerprint density at radius 3 is 2.67 bits per heavy atom. The Bertz CT molecular complexity index is 1130. The minimum absolute atomic E-state index is 0.0809. The number of hydrogen-bond donors (Lipinski definition) is 1. The molecule has 1 N–H and O–H groups in total. The highest BCUT2D eigenvalue weighted by Gasteiger charge is 2.29. The van der Waals surface area contributed by atoms with Crippen molar-refractivity contribution in [3.63, 3.8) is 0 Å². The maximum Gasteiger partial charge on any atom is 0.254 e. The number of likely N-dealkylation sites (tertiary alicyclic amines) is 1. The zero-order valence-electron chi connectivity index (χ0n) is 19.0. The third-order valence-electron chi connectivity index (χ3n) is 5.93. The molecule has 3 aromatic rings. The van der Waals surface area contributed by atoms with Gasteiger partial charge in [0, 0.05) is 31.7 Å². The predicted octanol–water partition coefficient (Wildman–Crippen LogP) is 3.28. The Labute approximate surface area is 193 Å². The molecule has 0 bridgehead atoms. The first-order chi connectivity index (χ1) is 16.0. The van der Waals surface area contributed by atoms with Crippen LogP contribution in [0.4, 0.5) is 0 Å². The lowest BCUT2D eigenvalue weighted by molar-refractivity contribution is -0.129. The number of amides is 2. The van der Waals surface area contributed by atoms with Crippen molar-refractivity contribution in [1.29, 1.82) is 0 Å². The summed E-state index contributed by atoms with van der Waals surface area (Å²) in [4.78, 5) is 36.3. The van der Waals surface area contributed by atoms with Crippen LogP contribution < -0.4 is 10.1 Å². The van der Waals surface area contributed by atoms with Crippen molar-refractivity contribution in [2.24, 2.45) is 0 Å². The molecule has 1 atom stereocenters. The topological polar surface area (TPSA) is 84.4 Å². The first kappa shape index (κ1) is 22.5. The van der Waals surface area contributed by atoms with E-state index >= 15 is 0 Å². The lowest BCUT2D eigenvalue weighted by Crippen LogP contribution is -2.30. The number of aryl methyl sites for hydroxylation is 1. The molecule has 0 saturated carbocycles. The number of carbonyl (C=O) groups is 2. The van der Waals surface area contributed by atoms with Gasteiger partial charge in [0.2, 0.25) is 5.91 Å². The van der Waals surface area contributed by atoms with Crippen molar-refractivity contribution >= 4 is 11.8 Å². The first-order valence-electron chi connectivity index (χ1n) is 11.1. The number of carbonyl (C=O) groups excluding carboxylic acids is 2. The van der Waals surface area contributed by atoms with Crippen molar-refractivity contribution in [1.82, 2.24) is 20.2 Å². The highest BCUT2D eigenvalue weighted by Crippen LogP contribution is 2.25. The minimum atomic E-state index is -0.215. The molecule has 7 nitrogen and oxygen atoms in total. The second-order valence-electron chi connectivity index (χ2n) is 8.25. The number of nitrogens with one attached hydrogen (secondary N) is 1. The van der Waals surface area contributed by atoms with E-state index in [-0.39, 0.29) is 17.7 Å². The molecule has 1 aromatic heterocycles. The lowest BCUT2D eigenvalue weighted by atomic mass is 10.1. The van der Waals surface area contributed by atoms with Crippen LogP contribution in [0.1, 0.15) is 45.3 Å². The SMILES string of the molecule is COc1cccc(CNC(=O)c2cnc([C@H]3CCN(C(=O)Cc4ccccc4)C3)nc2C)c1. The Kier molecular flexibility index (Phi) is 6.98. The van der Waals surface area contributed by atoms with Gasteiger partial charge in [-0.1, -0.05) is 42.5 Å². The van der Waals surface area contributed by atoms with Crippen LogP contribution in [0, 0.1) is 6.92 Å². The van der Waals surface area contributed by atoms with Gasteiger partial charge in [0.15, 0.2) is 0 Å². The molecule has 170 valence electrons. The molecule has 0 aliphatic carbocycles. The number of methoxy groups -OCH3 is 1. The lowest BCUT2D eigenvalue weighted by Gasteiger charge is -2.16. The van der Waals surface area contributed by atoms with Crippen molar-refractivity contribution in [2.75, 3.05) is 20.2 Å². The van der Waals surface area contributed by atoms with Crippen molar-refractivity contribution in [2.45, 2.75) is 32.2 Å². The van der Waals surface area contributed by atoms with E-state index in [0.29, 0.717) is 43.1 Å². The van der Waals surface area contributed by atoms with Gasteiger partial charge in [-0.05, 0) is 36.6 Å².